The molecule has 18 heavy (non-hydrogen) atoms. The molecule has 2 aromatic rings. The Labute approximate surface area is 100 Å². The van der Waals surface area contributed by atoms with Gasteiger partial charge in [-0.3, -0.25) is 4.79 Å². The maximum atomic E-state index is 12.4. The van der Waals surface area contributed by atoms with Crippen molar-refractivity contribution in [3.8, 4) is 11.3 Å². The van der Waals surface area contributed by atoms with Crippen molar-refractivity contribution >= 4 is 6.29 Å². The highest BCUT2D eigenvalue weighted by Gasteiger charge is 2.29. The van der Waals surface area contributed by atoms with Crippen molar-refractivity contribution < 1.29 is 18.0 Å². The van der Waals surface area contributed by atoms with Crippen LogP contribution >= 0.6 is 0 Å². The third-order valence-electron chi connectivity index (χ3n) is 2.29. The lowest BCUT2D eigenvalue weighted by Gasteiger charge is -2.07. The Morgan fingerprint density at radius 1 is 1.06 bits per heavy atom. The molecule has 1 aromatic carbocycles. The maximum absolute atomic E-state index is 12.4. The maximum Gasteiger partial charge on any atom is 0.416 e. The van der Waals surface area contributed by atoms with Gasteiger partial charge < -0.3 is 0 Å². The number of benzene rings is 1. The summed E-state index contributed by atoms with van der Waals surface area (Å²) in [5.41, 5.74) is 0.172. The molecule has 1 aromatic heterocycles. The van der Waals surface area contributed by atoms with Crippen molar-refractivity contribution in [2.24, 2.45) is 0 Å². The quantitative estimate of drug-likeness (QED) is 0.771. The van der Waals surface area contributed by atoms with Crippen LogP contribution in [-0.2, 0) is 6.18 Å². The van der Waals surface area contributed by atoms with E-state index in [4.69, 9.17) is 0 Å². The molecule has 92 valence electrons. The third-order valence-corrected chi connectivity index (χ3v) is 2.29. The van der Waals surface area contributed by atoms with Gasteiger partial charge >= 0.3 is 6.18 Å². The van der Waals surface area contributed by atoms with Gasteiger partial charge in [-0.1, -0.05) is 12.1 Å². The first kappa shape index (κ1) is 12.2. The first-order valence-electron chi connectivity index (χ1n) is 4.96. The monoisotopic (exact) mass is 252 g/mol. The summed E-state index contributed by atoms with van der Waals surface area (Å²) in [5, 5.41) is 0. The molecule has 6 heteroatoms. The van der Waals surface area contributed by atoms with E-state index in [1.54, 1.807) is 0 Å². The number of hydrogen-bond donors (Lipinski definition) is 0. The van der Waals surface area contributed by atoms with E-state index in [-0.39, 0.29) is 5.82 Å². The van der Waals surface area contributed by atoms with Crippen molar-refractivity contribution in [1.82, 2.24) is 9.97 Å². The SMILES string of the molecule is O=Cc1nccc(-c2ccc(C(F)(F)F)cc2)n1. The summed E-state index contributed by atoms with van der Waals surface area (Å²) in [6, 6.07) is 6.07. The fourth-order valence-corrected chi connectivity index (χ4v) is 1.42. The largest absolute Gasteiger partial charge is 0.416 e. The normalized spacial score (nSPS) is 11.3. The average molecular weight is 252 g/mol. The molecule has 0 unspecified atom stereocenters. The van der Waals surface area contributed by atoms with Crippen LogP contribution in [0.15, 0.2) is 36.5 Å². The van der Waals surface area contributed by atoms with Crippen LogP contribution < -0.4 is 0 Å². The van der Waals surface area contributed by atoms with Gasteiger partial charge in [-0.05, 0) is 18.2 Å². The second-order valence-corrected chi connectivity index (χ2v) is 3.49. The molecule has 0 saturated heterocycles. The molecule has 3 nitrogen and oxygen atoms in total. The topological polar surface area (TPSA) is 42.9 Å². The summed E-state index contributed by atoms with van der Waals surface area (Å²) >= 11 is 0. The van der Waals surface area contributed by atoms with Crippen LogP contribution in [-0.4, -0.2) is 16.3 Å². The highest BCUT2D eigenvalue weighted by Crippen LogP contribution is 2.30. The summed E-state index contributed by atoms with van der Waals surface area (Å²) in [7, 11) is 0. The minimum absolute atomic E-state index is 0.00704. The zero-order chi connectivity index (χ0) is 13.2. The molecule has 0 spiro atoms. The van der Waals surface area contributed by atoms with E-state index in [1.807, 2.05) is 0 Å². The van der Waals surface area contributed by atoms with E-state index in [1.165, 1.54) is 24.4 Å². The molecule has 0 aliphatic heterocycles. The van der Waals surface area contributed by atoms with Crippen molar-refractivity contribution in [1.29, 1.82) is 0 Å². The number of aldehydes is 1. The van der Waals surface area contributed by atoms with Gasteiger partial charge in [0.1, 0.15) is 0 Å². The van der Waals surface area contributed by atoms with Crippen LogP contribution in [0.3, 0.4) is 0 Å². The van der Waals surface area contributed by atoms with Gasteiger partial charge in [0, 0.05) is 11.8 Å². The molecule has 0 aliphatic carbocycles. The fourth-order valence-electron chi connectivity index (χ4n) is 1.42. The molecule has 0 aliphatic rings. The number of rotatable bonds is 2. The van der Waals surface area contributed by atoms with E-state index in [9.17, 15) is 18.0 Å². The number of alkyl halides is 3. The van der Waals surface area contributed by atoms with E-state index >= 15 is 0 Å². The summed E-state index contributed by atoms with van der Waals surface area (Å²) in [6.07, 6.45) is -2.50. The highest BCUT2D eigenvalue weighted by molar-refractivity contribution is 5.70. The van der Waals surface area contributed by atoms with Gasteiger partial charge in [-0.15, -0.1) is 0 Å². The van der Waals surface area contributed by atoms with E-state index < -0.39 is 11.7 Å². The van der Waals surface area contributed by atoms with Crippen LogP contribution in [0.5, 0.6) is 0 Å². The molecule has 0 fully saturated rings. The Morgan fingerprint density at radius 2 is 1.72 bits per heavy atom. The van der Waals surface area contributed by atoms with Crippen LogP contribution in [0.2, 0.25) is 0 Å². The molecule has 0 bridgehead atoms. The molecule has 1 heterocycles. The summed E-state index contributed by atoms with van der Waals surface area (Å²) in [6.45, 7) is 0. The molecule has 0 atom stereocenters. The molecular formula is C12H7F3N2O. The van der Waals surface area contributed by atoms with Crippen LogP contribution in [0, 0.1) is 0 Å². The average Bonchev–Trinajstić information content (AvgIpc) is 2.38. The standard InChI is InChI=1S/C12H7F3N2O/c13-12(14,15)9-3-1-8(2-4-9)10-5-6-16-11(7-18)17-10/h1-7H. The van der Waals surface area contributed by atoms with Crippen molar-refractivity contribution in [3.05, 3.63) is 47.9 Å². The Kier molecular flexibility index (Phi) is 3.10. The predicted octanol–water partition coefficient (Wildman–Crippen LogP) is 2.97. The van der Waals surface area contributed by atoms with Gasteiger partial charge in [0.2, 0.25) is 0 Å². The number of nitrogens with zero attached hydrogens (tertiary/aromatic N) is 2. The van der Waals surface area contributed by atoms with E-state index in [0.29, 0.717) is 17.5 Å². The summed E-state index contributed by atoms with van der Waals surface area (Å²) in [4.78, 5) is 18.1. The van der Waals surface area contributed by atoms with Gasteiger partial charge in [-0.25, -0.2) is 9.97 Å². The second-order valence-electron chi connectivity index (χ2n) is 3.49. The molecule has 0 saturated carbocycles. The zero-order valence-corrected chi connectivity index (χ0v) is 8.98. The number of aromatic nitrogens is 2. The van der Waals surface area contributed by atoms with Crippen molar-refractivity contribution in [2.75, 3.05) is 0 Å². The number of carbonyl (C=O) groups excluding carboxylic acids is 1. The minimum Gasteiger partial charge on any atom is -0.294 e. The molecule has 2 rings (SSSR count). The Morgan fingerprint density at radius 3 is 2.28 bits per heavy atom. The highest BCUT2D eigenvalue weighted by atomic mass is 19.4. The van der Waals surface area contributed by atoms with Crippen molar-refractivity contribution in [2.45, 2.75) is 6.18 Å². The first-order chi connectivity index (χ1) is 8.50. The molecule has 0 N–H and O–H groups in total. The fraction of sp³-hybridized carbons (Fsp3) is 0.0833. The molecule has 0 amide bonds. The summed E-state index contributed by atoms with van der Waals surface area (Å²) < 4.78 is 37.1. The third kappa shape index (κ3) is 2.53. The summed E-state index contributed by atoms with van der Waals surface area (Å²) in [5.74, 6) is -0.00704. The lowest BCUT2D eigenvalue weighted by atomic mass is 10.1. The molecular weight excluding hydrogens is 245 g/mol. The minimum atomic E-state index is -4.36. The van der Waals surface area contributed by atoms with Crippen LogP contribution in [0.4, 0.5) is 13.2 Å². The van der Waals surface area contributed by atoms with Crippen LogP contribution in [0.1, 0.15) is 16.2 Å². The Hall–Kier alpha value is -2.24. The number of hydrogen-bond acceptors (Lipinski definition) is 3. The lowest BCUT2D eigenvalue weighted by Crippen LogP contribution is -2.04. The Balaban J connectivity index is 2.37. The zero-order valence-electron chi connectivity index (χ0n) is 8.98. The van der Waals surface area contributed by atoms with E-state index in [0.717, 1.165) is 12.1 Å². The predicted molar refractivity (Wildman–Crippen MR) is 57.9 cm³/mol. The van der Waals surface area contributed by atoms with Gasteiger partial charge in [0.25, 0.3) is 0 Å². The van der Waals surface area contributed by atoms with Crippen LogP contribution in [0.25, 0.3) is 11.3 Å². The smallest absolute Gasteiger partial charge is 0.294 e. The lowest BCUT2D eigenvalue weighted by molar-refractivity contribution is -0.137. The Bertz CT molecular complexity index is 564. The molecule has 0 radical (unpaired) electrons. The van der Waals surface area contributed by atoms with Crippen molar-refractivity contribution in [3.63, 3.8) is 0 Å². The van der Waals surface area contributed by atoms with Gasteiger partial charge in [-0.2, -0.15) is 13.2 Å². The second kappa shape index (κ2) is 4.56. The van der Waals surface area contributed by atoms with Gasteiger partial charge in [0.05, 0.1) is 11.3 Å². The van der Waals surface area contributed by atoms with Gasteiger partial charge in [0.15, 0.2) is 12.1 Å². The first-order valence-corrected chi connectivity index (χ1v) is 4.96. The number of carbonyl (C=O) groups is 1. The number of halogens is 3. The van der Waals surface area contributed by atoms with E-state index in [2.05, 4.69) is 9.97 Å².